The monoisotopic (exact) mass is 348 g/mol. The van der Waals surface area contributed by atoms with Crippen LogP contribution in [-0.4, -0.2) is 45.9 Å². The summed E-state index contributed by atoms with van der Waals surface area (Å²) in [5, 5.41) is 3.41. The van der Waals surface area contributed by atoms with Gasteiger partial charge < -0.3 is 10.2 Å². The number of likely N-dealkylation sites (N-methyl/N-ethyl adjacent to an activating group) is 1. The molecule has 0 aliphatic heterocycles. The molecular formula is C16H20N4O3S. The molecule has 1 N–H and O–H groups in total. The van der Waals surface area contributed by atoms with E-state index in [2.05, 4.69) is 10.3 Å². The van der Waals surface area contributed by atoms with E-state index in [1.165, 1.54) is 27.1 Å². The van der Waals surface area contributed by atoms with Crippen LogP contribution in [0.25, 0.3) is 10.2 Å². The van der Waals surface area contributed by atoms with Crippen LogP contribution in [0.1, 0.15) is 23.3 Å². The number of aryl methyl sites for hydroxylation is 2. The van der Waals surface area contributed by atoms with Crippen LogP contribution in [0.3, 0.4) is 0 Å². The second-order valence-electron chi connectivity index (χ2n) is 6.23. The van der Waals surface area contributed by atoms with Gasteiger partial charge in [-0.05, 0) is 32.3 Å². The highest BCUT2D eigenvalue weighted by atomic mass is 32.1. The van der Waals surface area contributed by atoms with Gasteiger partial charge in [-0.3, -0.25) is 19.0 Å². The predicted molar refractivity (Wildman–Crippen MR) is 92.2 cm³/mol. The number of amides is 2. The highest BCUT2D eigenvalue weighted by Crippen LogP contribution is 2.25. The number of nitrogens with one attached hydrogen (secondary N) is 1. The first-order chi connectivity index (χ1) is 11.4. The van der Waals surface area contributed by atoms with Crippen molar-refractivity contribution in [2.24, 2.45) is 0 Å². The van der Waals surface area contributed by atoms with Crippen LogP contribution < -0.4 is 10.9 Å². The van der Waals surface area contributed by atoms with Gasteiger partial charge >= 0.3 is 0 Å². The molecule has 0 unspecified atom stereocenters. The first kappa shape index (κ1) is 16.6. The number of hydrogen-bond donors (Lipinski definition) is 1. The van der Waals surface area contributed by atoms with E-state index in [-0.39, 0.29) is 36.5 Å². The predicted octanol–water partition coefficient (Wildman–Crippen LogP) is 0.812. The van der Waals surface area contributed by atoms with E-state index in [1.54, 1.807) is 7.05 Å². The van der Waals surface area contributed by atoms with Crippen LogP contribution in [0, 0.1) is 13.8 Å². The van der Waals surface area contributed by atoms with E-state index in [1.807, 2.05) is 13.8 Å². The number of thiophene rings is 1. The van der Waals surface area contributed by atoms with Crippen molar-refractivity contribution >= 4 is 33.4 Å². The largest absolute Gasteiger partial charge is 0.352 e. The number of rotatable bonds is 5. The molecule has 2 heterocycles. The minimum atomic E-state index is -0.297. The van der Waals surface area contributed by atoms with Crippen molar-refractivity contribution in [1.29, 1.82) is 0 Å². The molecule has 1 saturated carbocycles. The Morgan fingerprint density at radius 2 is 2.12 bits per heavy atom. The zero-order chi connectivity index (χ0) is 17.4. The minimum absolute atomic E-state index is 0.00363. The van der Waals surface area contributed by atoms with Crippen LogP contribution in [0.15, 0.2) is 11.1 Å². The van der Waals surface area contributed by atoms with Crippen LogP contribution >= 0.6 is 11.3 Å². The molecule has 2 amide bonds. The molecule has 0 atom stereocenters. The fourth-order valence-electron chi connectivity index (χ4n) is 2.45. The van der Waals surface area contributed by atoms with Crippen molar-refractivity contribution in [1.82, 2.24) is 19.8 Å². The third-order valence-electron chi connectivity index (χ3n) is 4.21. The van der Waals surface area contributed by atoms with E-state index in [0.717, 1.165) is 23.3 Å². The lowest BCUT2D eigenvalue weighted by atomic mass is 10.2. The third-order valence-corrected chi connectivity index (χ3v) is 5.33. The van der Waals surface area contributed by atoms with Gasteiger partial charge in [0.25, 0.3) is 5.56 Å². The van der Waals surface area contributed by atoms with Gasteiger partial charge in [-0.2, -0.15) is 0 Å². The second kappa shape index (κ2) is 6.35. The van der Waals surface area contributed by atoms with Crippen LogP contribution in [0.2, 0.25) is 0 Å². The standard InChI is InChI=1S/C16H20N4O3S/c1-9-10(2)24-15-14(9)16(23)20(8-17-15)7-13(22)19(3)6-12(21)18-11-4-5-11/h8,11H,4-7H2,1-3H3,(H,18,21). The lowest BCUT2D eigenvalue weighted by molar-refractivity contribution is -0.135. The summed E-state index contributed by atoms with van der Waals surface area (Å²) in [4.78, 5) is 44.0. The van der Waals surface area contributed by atoms with Gasteiger partial charge in [-0.1, -0.05) is 0 Å². The first-order valence-corrected chi connectivity index (χ1v) is 8.67. The molecule has 0 spiro atoms. The molecule has 7 nitrogen and oxygen atoms in total. The second-order valence-corrected chi connectivity index (χ2v) is 7.44. The summed E-state index contributed by atoms with van der Waals surface area (Å²) in [6, 6.07) is 0.264. The summed E-state index contributed by atoms with van der Waals surface area (Å²) in [5.74, 6) is -0.465. The van der Waals surface area contributed by atoms with Gasteiger partial charge in [-0.15, -0.1) is 11.3 Å². The summed E-state index contributed by atoms with van der Waals surface area (Å²) >= 11 is 1.47. The van der Waals surface area contributed by atoms with Crippen molar-refractivity contribution in [3.05, 3.63) is 27.1 Å². The molecule has 1 aliphatic carbocycles. The Labute approximate surface area is 143 Å². The van der Waals surface area contributed by atoms with Gasteiger partial charge in [-0.25, -0.2) is 4.98 Å². The van der Waals surface area contributed by atoms with Gasteiger partial charge in [0, 0.05) is 18.0 Å². The van der Waals surface area contributed by atoms with Crippen molar-refractivity contribution < 1.29 is 9.59 Å². The Balaban J connectivity index is 1.72. The smallest absolute Gasteiger partial charge is 0.262 e. The molecule has 1 fully saturated rings. The zero-order valence-electron chi connectivity index (χ0n) is 14.0. The van der Waals surface area contributed by atoms with Crippen molar-refractivity contribution in [3.63, 3.8) is 0 Å². The number of carbonyl (C=O) groups is 2. The molecule has 1 aliphatic rings. The summed E-state index contributed by atoms with van der Waals surface area (Å²) in [6.45, 7) is 3.71. The Morgan fingerprint density at radius 3 is 2.79 bits per heavy atom. The van der Waals surface area contributed by atoms with Gasteiger partial charge in [0.15, 0.2) is 0 Å². The highest BCUT2D eigenvalue weighted by Gasteiger charge is 2.24. The van der Waals surface area contributed by atoms with Gasteiger partial charge in [0.05, 0.1) is 18.3 Å². The van der Waals surface area contributed by atoms with Gasteiger partial charge in [0.2, 0.25) is 11.8 Å². The van der Waals surface area contributed by atoms with Crippen LogP contribution in [0.4, 0.5) is 0 Å². The van der Waals surface area contributed by atoms with Crippen molar-refractivity contribution in [3.8, 4) is 0 Å². The molecule has 3 rings (SSSR count). The quantitative estimate of drug-likeness (QED) is 0.867. The Bertz CT molecular complexity index is 866. The summed E-state index contributed by atoms with van der Waals surface area (Å²) in [5.41, 5.74) is 0.692. The molecular weight excluding hydrogens is 328 g/mol. The molecule has 0 bridgehead atoms. The maximum absolute atomic E-state index is 12.6. The molecule has 0 aromatic carbocycles. The van der Waals surface area contributed by atoms with E-state index in [0.29, 0.717) is 10.2 Å². The third kappa shape index (κ3) is 3.33. The fraction of sp³-hybridized carbons (Fsp3) is 0.500. The summed E-state index contributed by atoms with van der Waals surface area (Å²) in [7, 11) is 1.56. The lowest BCUT2D eigenvalue weighted by Crippen LogP contribution is -2.41. The number of carbonyl (C=O) groups excluding carboxylic acids is 2. The molecule has 8 heteroatoms. The molecule has 2 aromatic rings. The Hall–Kier alpha value is -2.22. The fourth-order valence-corrected chi connectivity index (χ4v) is 3.44. The van der Waals surface area contributed by atoms with E-state index in [9.17, 15) is 14.4 Å². The molecule has 0 saturated heterocycles. The molecule has 0 radical (unpaired) electrons. The topological polar surface area (TPSA) is 84.3 Å². The van der Waals surface area contributed by atoms with Crippen LogP contribution in [0.5, 0.6) is 0 Å². The average Bonchev–Trinajstić information content (AvgIpc) is 3.27. The molecule has 24 heavy (non-hydrogen) atoms. The molecule has 2 aromatic heterocycles. The summed E-state index contributed by atoms with van der Waals surface area (Å²) < 4.78 is 1.30. The maximum atomic E-state index is 12.6. The Kier molecular flexibility index (Phi) is 4.40. The van der Waals surface area contributed by atoms with Crippen molar-refractivity contribution in [2.45, 2.75) is 39.3 Å². The number of fused-ring (bicyclic) bond motifs is 1. The zero-order valence-corrected chi connectivity index (χ0v) is 14.8. The molecule has 128 valence electrons. The Morgan fingerprint density at radius 1 is 1.42 bits per heavy atom. The normalized spacial score (nSPS) is 14.0. The average molecular weight is 348 g/mol. The number of nitrogens with zero attached hydrogens (tertiary/aromatic N) is 3. The van der Waals surface area contributed by atoms with E-state index < -0.39 is 0 Å². The lowest BCUT2D eigenvalue weighted by Gasteiger charge is -2.17. The van der Waals surface area contributed by atoms with Gasteiger partial charge in [0.1, 0.15) is 11.4 Å². The number of aromatic nitrogens is 2. The maximum Gasteiger partial charge on any atom is 0.262 e. The van der Waals surface area contributed by atoms with Crippen molar-refractivity contribution in [2.75, 3.05) is 13.6 Å². The van der Waals surface area contributed by atoms with Crippen LogP contribution in [-0.2, 0) is 16.1 Å². The SMILES string of the molecule is Cc1sc2ncn(CC(=O)N(C)CC(=O)NC3CC3)c(=O)c2c1C. The number of hydrogen-bond acceptors (Lipinski definition) is 5. The van der Waals surface area contributed by atoms with E-state index >= 15 is 0 Å². The minimum Gasteiger partial charge on any atom is -0.352 e. The summed E-state index contributed by atoms with van der Waals surface area (Å²) in [6.07, 6.45) is 3.41. The van der Waals surface area contributed by atoms with E-state index in [4.69, 9.17) is 0 Å². The first-order valence-electron chi connectivity index (χ1n) is 7.85. The highest BCUT2D eigenvalue weighted by molar-refractivity contribution is 7.18.